The van der Waals surface area contributed by atoms with E-state index in [9.17, 15) is 10.2 Å². The number of aromatic amines is 1. The highest BCUT2D eigenvalue weighted by Gasteiger charge is 2.16. The molecule has 3 aromatic rings. The van der Waals surface area contributed by atoms with Crippen LogP contribution in [0.3, 0.4) is 0 Å². The largest absolute Gasteiger partial charge is 0.508 e. The lowest BCUT2D eigenvalue weighted by atomic mass is 10.0. The summed E-state index contributed by atoms with van der Waals surface area (Å²) in [6.07, 6.45) is 3.35. The molecule has 0 bridgehead atoms. The Labute approximate surface area is 121 Å². The van der Waals surface area contributed by atoms with E-state index in [-0.39, 0.29) is 17.5 Å². The first kappa shape index (κ1) is 13.1. The number of nitrogens with one attached hydrogen (secondary N) is 2. The van der Waals surface area contributed by atoms with Crippen LogP contribution < -0.4 is 5.32 Å². The molecule has 0 saturated carbocycles. The minimum atomic E-state index is -0.177. The Kier molecular flexibility index (Phi) is 3.47. The number of hydrogen-bond donors (Lipinski definition) is 4. The topological polar surface area (TPSA) is 81.2 Å². The fourth-order valence-electron chi connectivity index (χ4n) is 2.21. The number of H-pyrrole nitrogens is 1. The molecule has 0 aliphatic rings. The second kappa shape index (κ2) is 5.58. The fourth-order valence-corrected chi connectivity index (χ4v) is 2.21. The summed E-state index contributed by atoms with van der Waals surface area (Å²) in [5.74, 6) is 0.0197. The van der Waals surface area contributed by atoms with Crippen molar-refractivity contribution in [2.24, 2.45) is 0 Å². The van der Waals surface area contributed by atoms with E-state index >= 15 is 0 Å². The maximum Gasteiger partial charge on any atom is 0.142 e. The summed E-state index contributed by atoms with van der Waals surface area (Å²) >= 11 is 0. The molecule has 0 spiro atoms. The molecule has 1 unspecified atom stereocenters. The minimum absolute atomic E-state index is 0.00422. The van der Waals surface area contributed by atoms with Crippen molar-refractivity contribution in [3.63, 3.8) is 0 Å². The highest BCUT2D eigenvalue weighted by atomic mass is 16.3. The van der Waals surface area contributed by atoms with E-state index in [1.807, 2.05) is 30.3 Å². The third-order valence-electron chi connectivity index (χ3n) is 3.24. The third-order valence-corrected chi connectivity index (χ3v) is 3.24. The van der Waals surface area contributed by atoms with Crippen molar-refractivity contribution >= 4 is 5.69 Å². The van der Waals surface area contributed by atoms with Crippen molar-refractivity contribution in [3.05, 3.63) is 72.3 Å². The number of hydrogen-bond acceptors (Lipinski definition) is 4. The zero-order valence-corrected chi connectivity index (χ0v) is 11.2. The van der Waals surface area contributed by atoms with Gasteiger partial charge in [0.15, 0.2) is 0 Å². The van der Waals surface area contributed by atoms with Gasteiger partial charge in [0.1, 0.15) is 11.5 Å². The molecule has 0 aliphatic heterocycles. The zero-order chi connectivity index (χ0) is 14.7. The predicted octanol–water partition coefficient (Wildman–Crippen LogP) is 3.02. The van der Waals surface area contributed by atoms with Gasteiger partial charge in [-0.2, -0.15) is 0 Å². The van der Waals surface area contributed by atoms with Crippen molar-refractivity contribution in [3.8, 4) is 11.5 Å². The summed E-state index contributed by atoms with van der Waals surface area (Å²) in [6.45, 7) is 0. The first-order valence-electron chi connectivity index (χ1n) is 6.56. The summed E-state index contributed by atoms with van der Waals surface area (Å²) in [5.41, 5.74) is 2.46. The quantitative estimate of drug-likeness (QED) is 0.438. The second-order valence-corrected chi connectivity index (χ2v) is 4.70. The number of phenols is 2. The molecule has 5 heteroatoms. The molecule has 0 aliphatic carbocycles. The molecule has 1 atom stereocenters. The molecule has 4 N–H and O–H groups in total. The van der Waals surface area contributed by atoms with Crippen LogP contribution in [0.25, 0.3) is 0 Å². The molecule has 0 amide bonds. The molecule has 0 fully saturated rings. The fraction of sp³-hybridized carbons (Fsp3) is 0.0625. The Balaban J connectivity index is 1.97. The highest BCUT2D eigenvalue weighted by molar-refractivity contribution is 5.60. The van der Waals surface area contributed by atoms with E-state index in [0.717, 1.165) is 11.3 Å². The second-order valence-electron chi connectivity index (χ2n) is 4.70. The average molecular weight is 281 g/mol. The molecule has 0 saturated heterocycles. The first-order valence-corrected chi connectivity index (χ1v) is 6.56. The van der Waals surface area contributed by atoms with Crippen LogP contribution in [-0.4, -0.2) is 20.2 Å². The van der Waals surface area contributed by atoms with Gasteiger partial charge in [0.2, 0.25) is 0 Å². The molecule has 0 radical (unpaired) electrons. The Hall–Kier alpha value is -2.95. The Bertz CT molecular complexity index is 712. The molecule has 1 heterocycles. The molecule has 3 rings (SSSR count). The lowest BCUT2D eigenvalue weighted by Gasteiger charge is -2.20. The summed E-state index contributed by atoms with van der Waals surface area (Å²) in [5, 5.41) is 22.6. The van der Waals surface area contributed by atoms with Gasteiger partial charge >= 0.3 is 0 Å². The first-order chi connectivity index (χ1) is 10.2. The molecule has 1 aromatic heterocycles. The predicted molar refractivity (Wildman–Crippen MR) is 80.3 cm³/mol. The van der Waals surface area contributed by atoms with Gasteiger partial charge in [-0.25, -0.2) is 4.98 Å². The summed E-state index contributed by atoms with van der Waals surface area (Å²) in [4.78, 5) is 7.13. The number of aromatic hydroxyl groups is 2. The number of anilines is 1. The standard InChI is InChI=1S/C16H15N3O2/c20-12-6-7-13(15(21)8-12)19-16(14-9-17-10-18-14)11-4-2-1-3-5-11/h1-10,16,19-21H,(H,17,18). The smallest absolute Gasteiger partial charge is 0.142 e. The third kappa shape index (κ3) is 2.81. The minimum Gasteiger partial charge on any atom is -0.508 e. The number of aromatic nitrogens is 2. The molecule has 106 valence electrons. The molecule has 21 heavy (non-hydrogen) atoms. The maximum atomic E-state index is 9.94. The van der Waals surface area contributed by atoms with E-state index in [0.29, 0.717) is 5.69 Å². The van der Waals surface area contributed by atoms with Crippen LogP contribution in [0.15, 0.2) is 61.1 Å². The van der Waals surface area contributed by atoms with E-state index in [1.54, 1.807) is 18.6 Å². The van der Waals surface area contributed by atoms with Gasteiger partial charge in [-0.3, -0.25) is 0 Å². The van der Waals surface area contributed by atoms with Gasteiger partial charge in [0.05, 0.1) is 29.9 Å². The number of benzene rings is 2. The van der Waals surface area contributed by atoms with E-state index in [1.165, 1.54) is 12.1 Å². The monoisotopic (exact) mass is 281 g/mol. The molecular formula is C16H15N3O2. The van der Waals surface area contributed by atoms with E-state index in [2.05, 4.69) is 15.3 Å². The van der Waals surface area contributed by atoms with Crippen molar-refractivity contribution in [1.29, 1.82) is 0 Å². The Morgan fingerprint density at radius 3 is 2.52 bits per heavy atom. The SMILES string of the molecule is Oc1ccc(NC(c2ccccc2)c2cnc[nH]2)c(O)c1. The highest BCUT2D eigenvalue weighted by Crippen LogP contribution is 2.32. The van der Waals surface area contributed by atoms with E-state index in [4.69, 9.17) is 0 Å². The van der Waals surface area contributed by atoms with Gasteiger partial charge in [-0.1, -0.05) is 30.3 Å². The summed E-state index contributed by atoms with van der Waals surface area (Å²) in [6, 6.07) is 14.1. The number of nitrogens with zero attached hydrogens (tertiary/aromatic N) is 1. The Morgan fingerprint density at radius 2 is 1.86 bits per heavy atom. The summed E-state index contributed by atoms with van der Waals surface area (Å²) < 4.78 is 0. The van der Waals surface area contributed by atoms with Crippen LogP contribution in [0.5, 0.6) is 11.5 Å². The van der Waals surface area contributed by atoms with Crippen molar-refractivity contribution in [1.82, 2.24) is 9.97 Å². The number of imidazole rings is 1. The Morgan fingerprint density at radius 1 is 1.05 bits per heavy atom. The molecule has 2 aromatic carbocycles. The number of rotatable bonds is 4. The van der Waals surface area contributed by atoms with E-state index < -0.39 is 0 Å². The van der Waals surface area contributed by atoms with Gasteiger partial charge < -0.3 is 20.5 Å². The zero-order valence-electron chi connectivity index (χ0n) is 11.2. The average Bonchev–Trinajstić information content (AvgIpc) is 3.01. The van der Waals surface area contributed by atoms with Gasteiger partial charge in [-0.05, 0) is 17.7 Å². The molecule has 5 nitrogen and oxygen atoms in total. The van der Waals surface area contributed by atoms with Crippen molar-refractivity contribution < 1.29 is 10.2 Å². The lowest BCUT2D eigenvalue weighted by molar-refractivity contribution is 0.451. The number of phenolic OH excluding ortho intramolecular Hbond substituents is 2. The summed E-state index contributed by atoms with van der Waals surface area (Å²) in [7, 11) is 0. The van der Waals surface area contributed by atoms with Crippen molar-refractivity contribution in [2.75, 3.05) is 5.32 Å². The van der Waals surface area contributed by atoms with Gasteiger partial charge in [0, 0.05) is 6.07 Å². The van der Waals surface area contributed by atoms with Crippen LogP contribution >= 0.6 is 0 Å². The van der Waals surface area contributed by atoms with Crippen LogP contribution in [0.4, 0.5) is 5.69 Å². The van der Waals surface area contributed by atoms with Gasteiger partial charge in [0.25, 0.3) is 0 Å². The van der Waals surface area contributed by atoms with Crippen LogP contribution in [0.2, 0.25) is 0 Å². The maximum absolute atomic E-state index is 9.94. The van der Waals surface area contributed by atoms with Crippen molar-refractivity contribution in [2.45, 2.75) is 6.04 Å². The van der Waals surface area contributed by atoms with Gasteiger partial charge in [-0.15, -0.1) is 0 Å². The van der Waals surface area contributed by atoms with Crippen LogP contribution in [-0.2, 0) is 0 Å². The van der Waals surface area contributed by atoms with Crippen LogP contribution in [0, 0.1) is 0 Å². The van der Waals surface area contributed by atoms with Crippen LogP contribution in [0.1, 0.15) is 17.3 Å². The normalized spacial score (nSPS) is 12.0. The molecular weight excluding hydrogens is 266 g/mol. The lowest BCUT2D eigenvalue weighted by Crippen LogP contribution is -2.12.